The molecule has 1 fully saturated rings. The molecule has 2 aromatic rings. The number of H-pyrrole nitrogens is 1. The molecule has 432 valence electrons. The van der Waals surface area contributed by atoms with Crippen molar-refractivity contribution in [3.8, 4) is 0 Å². The van der Waals surface area contributed by atoms with Gasteiger partial charge in [0.05, 0.1) is 19.4 Å². The Morgan fingerprint density at radius 1 is 0.654 bits per heavy atom. The minimum absolute atomic E-state index is 0.0190. The lowest BCUT2D eigenvalue weighted by atomic mass is 10.00. The van der Waals surface area contributed by atoms with Crippen LogP contribution < -0.4 is 54.0 Å². The van der Waals surface area contributed by atoms with E-state index in [0.29, 0.717) is 17.7 Å². The molecular weight excluding hydrogens is 1030 g/mol. The molecule has 3 rings (SSSR count). The number of aromatic nitrogens is 2. The number of thiol groups is 1. The Bertz CT molecular complexity index is 2380. The van der Waals surface area contributed by atoms with Crippen molar-refractivity contribution in [2.24, 2.45) is 29.2 Å². The number of carbonyl (C=O) groups excluding carboxylic acids is 10. The maximum absolute atomic E-state index is 14.2. The number of nitrogens with one attached hydrogen (secondary N) is 9. The number of nitrogens with two attached hydrogens (primary N) is 2. The monoisotopic (exact) mass is 1110 g/mol. The van der Waals surface area contributed by atoms with E-state index in [9.17, 15) is 63.0 Å². The average molecular weight is 1110 g/mol. The molecule has 1 saturated heterocycles. The second kappa shape index (κ2) is 31.9. The number of nitrogens with zero attached hydrogens (tertiary/aromatic N) is 2. The highest BCUT2D eigenvalue weighted by Gasteiger charge is 2.39. The van der Waals surface area contributed by atoms with Crippen molar-refractivity contribution in [2.75, 3.05) is 18.9 Å². The largest absolute Gasteiger partial charge is 0.480 e. The molecule has 0 radical (unpaired) electrons. The van der Waals surface area contributed by atoms with E-state index in [1.807, 2.05) is 0 Å². The second-order valence-electron chi connectivity index (χ2n) is 20.7. The van der Waals surface area contributed by atoms with Gasteiger partial charge < -0.3 is 74.1 Å². The zero-order chi connectivity index (χ0) is 58.4. The van der Waals surface area contributed by atoms with E-state index in [4.69, 9.17) is 11.5 Å². The molecule has 1 aliphatic rings. The van der Waals surface area contributed by atoms with Crippen LogP contribution in [0.2, 0.25) is 0 Å². The van der Waals surface area contributed by atoms with Crippen LogP contribution in [0, 0.1) is 17.8 Å². The summed E-state index contributed by atoms with van der Waals surface area (Å²) < 4.78 is 0. The van der Waals surface area contributed by atoms with Gasteiger partial charge in [-0.2, -0.15) is 12.6 Å². The molecular formula is C51H79N13O13S. The second-order valence-corrected chi connectivity index (χ2v) is 21.1. The van der Waals surface area contributed by atoms with Crippen LogP contribution in [0.1, 0.15) is 98.2 Å². The number of likely N-dealkylation sites (tertiary alicyclic amines) is 1. The molecule has 2 heterocycles. The number of hydrogen-bond donors (Lipinski definition) is 14. The lowest BCUT2D eigenvalue weighted by molar-refractivity contribution is -0.142. The molecule has 10 atom stereocenters. The highest BCUT2D eigenvalue weighted by atomic mass is 32.1. The first-order valence-corrected chi connectivity index (χ1v) is 26.6. The standard InChI is InChI=1S/C51H79N13O13S/c1-26(2)16-33(44(69)58-35(19-30-12-9-8-10-13-30)43(68)56-29(7)42(67)62-38(51(76)77)18-28(5)6)57-47(72)37(21-41(53)66)60-46(71)36(20-31-22-54-25-55-31)59-48(73)39(24-78)63-45(70)34(17-27(3)4)61-49(74)40-14-11-15-64(40)50(75)32(52)23-65/h8-10,12-13,22,25-29,32-40,65,78H,11,14-21,23-24,52H2,1-7H3,(H2,53,66)(H,54,55)(H,56,68)(H,57,72)(H,58,69)(H,59,73)(H,60,71)(H,61,74)(H,62,67)(H,63,70)(H,76,77)/t29-,32-,33-,34-,35-,36-,37-,38-,39-,40-/m0/s1. The number of amides is 10. The number of aliphatic hydroxyl groups is 1. The van der Waals surface area contributed by atoms with Gasteiger partial charge in [-0.25, -0.2) is 9.78 Å². The summed E-state index contributed by atoms with van der Waals surface area (Å²) in [5.74, 6) is -10.5. The molecule has 0 saturated carbocycles. The highest BCUT2D eigenvalue weighted by Crippen LogP contribution is 2.20. The fourth-order valence-corrected chi connectivity index (χ4v) is 8.74. The zero-order valence-corrected chi connectivity index (χ0v) is 46.1. The maximum atomic E-state index is 14.2. The first-order chi connectivity index (χ1) is 36.7. The minimum Gasteiger partial charge on any atom is -0.480 e. The van der Waals surface area contributed by atoms with Gasteiger partial charge in [0, 0.05) is 37.0 Å². The number of aliphatic hydroxyl groups excluding tert-OH is 1. The Balaban J connectivity index is 1.85. The molecule has 0 aliphatic carbocycles. The van der Waals surface area contributed by atoms with Crippen molar-refractivity contribution in [1.82, 2.24) is 57.4 Å². The van der Waals surface area contributed by atoms with E-state index < -0.39 is 138 Å². The number of rotatable bonds is 32. The Labute approximate surface area is 459 Å². The summed E-state index contributed by atoms with van der Waals surface area (Å²) in [6.45, 7) is 11.6. The molecule has 78 heavy (non-hydrogen) atoms. The molecule has 0 spiro atoms. The van der Waals surface area contributed by atoms with Crippen LogP contribution in [0.15, 0.2) is 42.9 Å². The van der Waals surface area contributed by atoms with Crippen molar-refractivity contribution in [3.63, 3.8) is 0 Å². The van der Waals surface area contributed by atoms with Gasteiger partial charge >= 0.3 is 5.97 Å². The first kappa shape index (κ1) is 65.2. The summed E-state index contributed by atoms with van der Waals surface area (Å²) in [4.78, 5) is 156. The fraction of sp³-hybridized carbons (Fsp3) is 0.608. The van der Waals surface area contributed by atoms with Gasteiger partial charge in [0.25, 0.3) is 0 Å². The van der Waals surface area contributed by atoms with Crippen LogP contribution in [0.25, 0.3) is 0 Å². The first-order valence-electron chi connectivity index (χ1n) is 26.0. The van der Waals surface area contributed by atoms with Crippen molar-refractivity contribution in [1.29, 1.82) is 0 Å². The van der Waals surface area contributed by atoms with Crippen LogP contribution in [-0.2, 0) is 65.6 Å². The van der Waals surface area contributed by atoms with Gasteiger partial charge in [-0.1, -0.05) is 71.9 Å². The van der Waals surface area contributed by atoms with E-state index >= 15 is 0 Å². The van der Waals surface area contributed by atoms with Crippen LogP contribution >= 0.6 is 12.6 Å². The molecule has 1 aromatic heterocycles. The SMILES string of the molecule is CC(C)C[C@H](NC(=O)[C@H](C)NC(=O)[C@H](Cc1ccccc1)NC(=O)[C@H](CC(C)C)NC(=O)[C@H](CC(N)=O)NC(=O)[C@H](Cc1cnc[nH]1)NC(=O)[C@H](CS)NC(=O)[C@H](CC(C)C)NC(=O)[C@@H]1CCCN1C(=O)[C@@H](N)CO)C(=O)O. The molecule has 26 nitrogen and oxygen atoms in total. The molecule has 10 amide bonds. The molecule has 1 aromatic carbocycles. The average Bonchev–Trinajstić information content (AvgIpc) is 4.09. The zero-order valence-electron chi connectivity index (χ0n) is 45.2. The predicted octanol–water partition coefficient (Wildman–Crippen LogP) is -2.57. The topological polar surface area (TPSA) is 408 Å². The van der Waals surface area contributed by atoms with E-state index in [1.54, 1.807) is 71.9 Å². The summed E-state index contributed by atoms with van der Waals surface area (Å²) in [5, 5.41) is 39.6. The Kier molecular flexibility index (Phi) is 26.7. The Morgan fingerprint density at radius 2 is 1.13 bits per heavy atom. The number of carbonyl (C=O) groups is 11. The van der Waals surface area contributed by atoms with Gasteiger partial charge in [0.15, 0.2) is 0 Å². The number of hydrogen-bond acceptors (Lipinski definition) is 15. The molecule has 15 N–H and O–H groups in total. The van der Waals surface area contributed by atoms with Gasteiger partial charge in [-0.3, -0.25) is 47.9 Å². The number of carboxylic acid groups (broad SMARTS) is 1. The Morgan fingerprint density at radius 3 is 1.65 bits per heavy atom. The molecule has 0 unspecified atom stereocenters. The quantitative estimate of drug-likeness (QED) is 0.0335. The predicted molar refractivity (Wildman–Crippen MR) is 287 cm³/mol. The van der Waals surface area contributed by atoms with Crippen LogP contribution in [0.4, 0.5) is 0 Å². The highest BCUT2D eigenvalue weighted by molar-refractivity contribution is 7.80. The fourth-order valence-electron chi connectivity index (χ4n) is 8.49. The minimum atomic E-state index is -1.74. The van der Waals surface area contributed by atoms with Crippen LogP contribution in [0.5, 0.6) is 0 Å². The number of aromatic amines is 1. The van der Waals surface area contributed by atoms with Gasteiger partial charge in [0.1, 0.15) is 60.4 Å². The summed E-state index contributed by atoms with van der Waals surface area (Å²) in [6.07, 6.45) is 2.53. The van der Waals surface area contributed by atoms with E-state index in [-0.39, 0.29) is 68.6 Å². The molecule has 27 heteroatoms. The number of imidazole rings is 1. The van der Waals surface area contributed by atoms with E-state index in [1.165, 1.54) is 24.3 Å². The summed E-state index contributed by atoms with van der Waals surface area (Å²) in [6, 6.07) is -4.70. The number of carboxylic acids is 1. The molecule has 0 bridgehead atoms. The summed E-state index contributed by atoms with van der Waals surface area (Å²) in [5.41, 5.74) is 12.3. The van der Waals surface area contributed by atoms with Crippen molar-refractivity contribution >= 4 is 77.7 Å². The molecule has 1 aliphatic heterocycles. The third-order valence-corrected chi connectivity index (χ3v) is 12.9. The van der Waals surface area contributed by atoms with Gasteiger partial charge in [-0.05, 0) is 62.3 Å². The Hall–Kier alpha value is -7.13. The lowest BCUT2D eigenvalue weighted by Gasteiger charge is -2.29. The van der Waals surface area contributed by atoms with Crippen LogP contribution in [0.3, 0.4) is 0 Å². The number of benzene rings is 1. The van der Waals surface area contributed by atoms with Gasteiger partial charge in [-0.15, -0.1) is 0 Å². The number of aliphatic carboxylic acids is 1. The summed E-state index contributed by atoms with van der Waals surface area (Å²) >= 11 is 4.28. The van der Waals surface area contributed by atoms with Crippen molar-refractivity contribution < 1.29 is 63.0 Å². The van der Waals surface area contributed by atoms with Gasteiger partial charge in [0.2, 0.25) is 59.1 Å². The van der Waals surface area contributed by atoms with E-state index in [2.05, 4.69) is 65.1 Å². The number of primary amides is 1. The van der Waals surface area contributed by atoms with Crippen LogP contribution in [-0.4, -0.2) is 169 Å². The third kappa shape index (κ3) is 21.4. The maximum Gasteiger partial charge on any atom is 0.326 e. The lowest BCUT2D eigenvalue weighted by Crippen LogP contribution is -2.61. The third-order valence-electron chi connectivity index (χ3n) is 12.5. The van der Waals surface area contributed by atoms with Crippen molar-refractivity contribution in [3.05, 3.63) is 54.1 Å². The van der Waals surface area contributed by atoms with Crippen molar-refractivity contribution in [2.45, 2.75) is 160 Å². The smallest absolute Gasteiger partial charge is 0.326 e. The van der Waals surface area contributed by atoms with E-state index in [0.717, 1.165) is 0 Å². The summed E-state index contributed by atoms with van der Waals surface area (Å²) in [7, 11) is 0. The normalized spacial score (nSPS) is 16.7.